The van der Waals surface area contributed by atoms with Crippen LogP contribution in [0.1, 0.15) is 67.2 Å². The number of Topliss-reactive ketones (excluding diaryl/α,β-unsaturated/α-hetero) is 1. The Morgan fingerprint density at radius 2 is 0.793 bits per heavy atom. The van der Waals surface area contributed by atoms with E-state index in [-0.39, 0.29) is 96.4 Å². The number of carbonyl (C=O) groups excluding carboxylic acids is 6. The van der Waals surface area contributed by atoms with Crippen LogP contribution in [0.15, 0.2) is 162 Å². The average Bonchev–Trinajstić information content (AvgIpc) is 0.725. The Morgan fingerprint density at radius 1 is 0.479 bits per heavy atom. The zero-order valence-electron chi connectivity index (χ0n) is 63.6. The summed E-state index contributed by atoms with van der Waals surface area (Å²) in [4.78, 5) is 69.8. The molecule has 0 saturated carbocycles. The summed E-state index contributed by atoms with van der Waals surface area (Å²) in [5.41, 5.74) is 7.74. The zero-order chi connectivity index (χ0) is 91.1. The van der Waals surface area contributed by atoms with Gasteiger partial charge in [0.15, 0.2) is 34.2 Å². The molecule has 0 unspecified atom stereocenters. The molecule has 0 atom stereocenters. The van der Waals surface area contributed by atoms with E-state index in [1.54, 1.807) is 60.0 Å². The van der Waals surface area contributed by atoms with Crippen LogP contribution in [-0.4, -0.2) is 167 Å². The molecule has 0 radical (unpaired) electrons. The van der Waals surface area contributed by atoms with Gasteiger partial charge in [-0.15, -0.1) is 0 Å². The number of amides is 2. The summed E-state index contributed by atoms with van der Waals surface area (Å²) < 4.78 is 226. The topological polar surface area (TPSA) is 535 Å². The first-order chi connectivity index (χ1) is 55.6. The first-order valence-corrected chi connectivity index (χ1v) is 43.5. The Balaban J connectivity index is 0.000000213. The number of piperidine rings is 2. The molecule has 4 heterocycles. The van der Waals surface area contributed by atoms with Crippen molar-refractivity contribution in [2.24, 2.45) is 11.8 Å². The maximum absolute atomic E-state index is 12.1. The maximum atomic E-state index is 12.1. The van der Waals surface area contributed by atoms with Gasteiger partial charge in [0.1, 0.15) is 65.8 Å². The number of nitrogens with two attached hydrogens (primary N) is 2. The van der Waals surface area contributed by atoms with Crippen molar-refractivity contribution in [3.63, 3.8) is 0 Å². The zero-order valence-corrected chi connectivity index (χ0v) is 70.8. The van der Waals surface area contributed by atoms with Crippen LogP contribution in [0.25, 0.3) is 66.8 Å². The molecule has 0 spiro atoms. The summed E-state index contributed by atoms with van der Waals surface area (Å²) in [6.45, 7) is 7.39. The van der Waals surface area contributed by atoms with Crippen LogP contribution in [0, 0.1) is 22.7 Å². The molecule has 6 aliphatic rings. The number of nitrogen functional groups attached to an aromatic ring is 2. The van der Waals surface area contributed by atoms with E-state index in [1.807, 2.05) is 37.7 Å². The number of hydrogen-bond acceptors (Lipinski definition) is 28. The number of amidine groups is 1. The van der Waals surface area contributed by atoms with E-state index >= 15 is 0 Å². The van der Waals surface area contributed by atoms with Crippen molar-refractivity contribution in [3.05, 3.63) is 175 Å². The Morgan fingerprint density at radius 3 is 1.08 bits per heavy atom. The normalized spacial score (nSPS) is 13.9. The minimum atomic E-state index is -10.7. The minimum Gasteiger partial charge on any atom is -0.744 e. The van der Waals surface area contributed by atoms with Gasteiger partial charge in [0, 0.05) is 90.1 Å². The van der Waals surface area contributed by atoms with E-state index in [0.29, 0.717) is 57.8 Å². The minimum absolute atomic E-state index is 0.0333. The van der Waals surface area contributed by atoms with Crippen molar-refractivity contribution >= 4 is 170 Å². The third-order valence-electron chi connectivity index (χ3n) is 17.6. The number of benzene rings is 8. The van der Waals surface area contributed by atoms with Crippen LogP contribution in [-0.2, 0) is 59.7 Å². The second kappa shape index (κ2) is 37.4. The van der Waals surface area contributed by atoms with Gasteiger partial charge in [0.2, 0.25) is 11.8 Å². The summed E-state index contributed by atoms with van der Waals surface area (Å²) in [6.07, 6.45) is 2.88. The van der Waals surface area contributed by atoms with Gasteiger partial charge in [-0.25, -0.2) is 43.1 Å². The molecule has 0 aromatic heterocycles. The molecule has 2 saturated heterocycles. The first-order valence-electron chi connectivity index (χ1n) is 34.4. The smallest absolute Gasteiger partial charge is 0.155 e. The number of likely N-dealkylation sites (tertiary alicyclic amines) is 2. The quantitative estimate of drug-likeness (QED) is 0.00843. The molecule has 12 rings (SSSR count). The SMILES string of the molecule is CC(=O)C1CCN(C(C)=O)CC1.CC(=O)N1CCC(C(=O)Oc2c(Cl)cccc2Cl)CC1.CN(C)C(Oc1c(Cl)cccc1Cl)=[N+](C)C.F[P-](F)(F)(F)(F)F.N=c1ccc2c(-c3ccccc3C(=O)[O-])c3ccc(N)c(S(=O)(=O)[O-])c3oc-2c1S(=O)(=O)[O-].N=c1ccc2c(-c3ccccc3C(=O)[O-])c3ccc(N)c(S(=O)(=O)[O-])c3oc-2c1S(=O)(=O)[O-]. The van der Waals surface area contributed by atoms with E-state index in [4.69, 9.17) is 87.0 Å². The Hall–Kier alpha value is -10.6. The molecule has 2 fully saturated rings. The van der Waals surface area contributed by atoms with Gasteiger partial charge in [-0.05, 0) is 117 Å². The van der Waals surface area contributed by atoms with E-state index in [0.717, 1.165) is 50.2 Å². The van der Waals surface area contributed by atoms with Crippen LogP contribution < -0.4 is 41.9 Å². The number of para-hydroxylation sites is 2. The molecule has 6 aromatic carbocycles. The largest absolute Gasteiger partial charge is 0.744 e. The van der Waals surface area contributed by atoms with Gasteiger partial charge < -0.3 is 77.6 Å². The van der Waals surface area contributed by atoms with Crippen LogP contribution in [0.2, 0.25) is 20.1 Å². The molecule has 4 aliphatic heterocycles. The number of fused-ring (bicyclic) bond motifs is 4. The van der Waals surface area contributed by atoms with Crippen LogP contribution in [0.4, 0.5) is 36.6 Å². The summed E-state index contributed by atoms with van der Waals surface area (Å²) in [5.74, 6) is -3.95. The van der Waals surface area contributed by atoms with Gasteiger partial charge in [0.25, 0.3) is 0 Å². The number of esters is 1. The molecule has 47 heteroatoms. The van der Waals surface area contributed by atoms with Gasteiger partial charge in [-0.3, -0.25) is 30.0 Å². The van der Waals surface area contributed by atoms with E-state index in [9.17, 15) is 116 Å². The van der Waals surface area contributed by atoms with Crippen molar-refractivity contribution in [2.45, 2.75) is 66.0 Å². The molecule has 121 heavy (non-hydrogen) atoms. The van der Waals surface area contributed by atoms with E-state index in [2.05, 4.69) is 0 Å². The van der Waals surface area contributed by atoms with Gasteiger partial charge in [-0.2, -0.15) is 0 Å². The van der Waals surface area contributed by atoms with E-state index in [1.165, 1.54) is 79.7 Å². The summed E-state index contributed by atoms with van der Waals surface area (Å²) in [6, 6.07) is 30.7. The Labute approximate surface area is 704 Å². The number of aromatic carboxylic acids is 2. The van der Waals surface area contributed by atoms with Crippen molar-refractivity contribution in [1.82, 2.24) is 14.7 Å². The summed E-state index contributed by atoms with van der Waals surface area (Å²) in [5, 5.41) is 39.1. The van der Waals surface area contributed by atoms with Crippen LogP contribution >= 0.6 is 54.2 Å². The maximum Gasteiger partial charge on any atom is 0.155 e. The molecule has 2 amide bonds. The Kier molecular flexibility index (Phi) is 30.1. The third-order valence-corrected chi connectivity index (χ3v) is 22.5. The van der Waals surface area contributed by atoms with Crippen molar-refractivity contribution in [1.29, 1.82) is 10.8 Å². The number of ketones is 1. The van der Waals surface area contributed by atoms with Crippen LogP contribution in [0.3, 0.4) is 0 Å². The fraction of sp³-hybridized carbons (Fsp3) is 0.230. The molecular weight excluding hydrogens is 1800 g/mol. The van der Waals surface area contributed by atoms with Gasteiger partial charge in [-0.1, -0.05) is 107 Å². The predicted molar refractivity (Wildman–Crippen MR) is 422 cm³/mol. The molecule has 652 valence electrons. The fourth-order valence-electron chi connectivity index (χ4n) is 12.4. The number of nitrogens with zero attached hydrogens (tertiary/aromatic N) is 4. The number of carbonyl (C=O) groups is 6. The number of carboxylic acids is 2. The predicted octanol–water partition coefficient (Wildman–Crippen LogP) is 10.8. The fourth-order valence-corrected chi connectivity index (χ4v) is 16.2. The number of hydrogen-bond donors (Lipinski definition) is 4. The molecule has 6 N–H and O–H groups in total. The monoisotopic (exact) mass is 1860 g/mol. The number of rotatable bonds is 12. The average molecular weight is 1870 g/mol. The van der Waals surface area contributed by atoms with Crippen molar-refractivity contribution in [3.8, 4) is 56.4 Å². The number of nitrogens with one attached hydrogen (secondary N) is 2. The molecule has 6 aromatic rings. The van der Waals surface area contributed by atoms with E-state index < -0.39 is 125 Å². The molecule has 0 bridgehead atoms. The second-order valence-electron chi connectivity index (χ2n) is 26.6. The molecular formula is C74H67Cl4F6N8O24PS4-6. The number of carboxylic acid groups (broad SMARTS) is 2. The van der Waals surface area contributed by atoms with Crippen molar-refractivity contribution in [2.75, 3.05) is 65.8 Å². The standard InChI is InChI=1S/2C20H14N2O9S2.C14H15Cl2NO3.C11H15Cl2N2O.C9H15NO2.F6P/c2*21-13-7-5-11-15(9-3-1-2-4-10(9)20(23)24)12-6-8-14(22)19(33(28,29)30)17(12)31-16(11)18(13)32(25,26)27;1-9(18)17-7-5-10(6-8-17)14(19)20-13-11(15)3-2-4-12(13)16;1-14(2)11(15(3)4)16-10-8(12)6-5-7-9(10)13;1-7(11)9-3-5-10(6-4-9)8(2)12;1-7(2,3,4,5)6/h2*1-8,21H,22H2,(H,23,24)(H,25,26,27)(H,28,29,30);2-4,10H,5-8H2,1H3;5-7H,1-4H3;9H,3-6H2,1-2H3;/q;;;+1;;-1/p-6. The summed E-state index contributed by atoms with van der Waals surface area (Å²) in [7, 11) is -24.3. The third kappa shape index (κ3) is 25.3. The second-order valence-corrected chi connectivity index (χ2v) is 35.4. The number of halogens is 10. The number of anilines is 2. The van der Waals surface area contributed by atoms with Crippen molar-refractivity contribution < 1.29 is 139 Å². The number of ether oxygens (including phenoxy) is 2. The summed E-state index contributed by atoms with van der Waals surface area (Å²) >= 11 is 24.0. The van der Waals surface area contributed by atoms with Gasteiger partial charge >= 0.3 is 45.0 Å². The van der Waals surface area contributed by atoms with Gasteiger partial charge in [0.05, 0.1) is 88.2 Å². The first kappa shape index (κ1) is 97.5. The molecule has 2 aliphatic carbocycles. The Bertz CT molecular complexity index is 6050. The molecule has 32 nitrogen and oxygen atoms in total. The van der Waals surface area contributed by atoms with Crippen LogP contribution in [0.5, 0.6) is 11.5 Å².